The molecular weight excluding hydrogens is 353 g/mol. The van der Waals surface area contributed by atoms with Crippen molar-refractivity contribution >= 4 is 21.6 Å². The number of sulfonamides is 1. The van der Waals surface area contributed by atoms with Crippen molar-refractivity contribution in [2.24, 2.45) is 0 Å². The van der Waals surface area contributed by atoms with Crippen LogP contribution < -0.4 is 0 Å². The van der Waals surface area contributed by atoms with E-state index in [0.29, 0.717) is 10.6 Å². The molecule has 7 heteroatoms. The minimum atomic E-state index is -3.80. The molecule has 0 amide bonds. The molecule has 1 heterocycles. The predicted molar refractivity (Wildman–Crippen MR) is 90.1 cm³/mol. The highest BCUT2D eigenvalue weighted by molar-refractivity contribution is 7.89. The molecule has 1 saturated heterocycles. The maximum Gasteiger partial charge on any atom is 0.245 e. The molecule has 0 aromatic heterocycles. The zero-order valence-electron chi connectivity index (χ0n) is 13.0. The third-order valence-electron chi connectivity index (χ3n) is 3.92. The zero-order valence-corrected chi connectivity index (χ0v) is 14.6. The van der Waals surface area contributed by atoms with Gasteiger partial charge < -0.3 is 4.74 Å². The van der Waals surface area contributed by atoms with Gasteiger partial charge in [0.15, 0.2) is 6.23 Å². The van der Waals surface area contributed by atoms with E-state index >= 15 is 0 Å². The molecule has 2 aromatic rings. The van der Waals surface area contributed by atoms with Crippen LogP contribution in [0.5, 0.6) is 0 Å². The molecule has 2 atom stereocenters. The lowest BCUT2D eigenvalue weighted by molar-refractivity contribution is 0.0109. The first kappa shape index (κ1) is 17.4. The normalized spacial score (nSPS) is 22.0. The molecule has 1 fully saturated rings. The van der Waals surface area contributed by atoms with E-state index in [1.165, 1.54) is 4.31 Å². The highest BCUT2D eigenvalue weighted by atomic mass is 35.5. The highest BCUT2D eigenvalue weighted by Gasteiger charge is 2.42. The van der Waals surface area contributed by atoms with Crippen molar-refractivity contribution in [3.8, 4) is 0 Å². The second kappa shape index (κ2) is 6.80. The van der Waals surface area contributed by atoms with Crippen molar-refractivity contribution in [1.82, 2.24) is 4.31 Å². The second-order valence-electron chi connectivity index (χ2n) is 5.70. The van der Waals surface area contributed by atoms with Crippen LogP contribution >= 0.6 is 11.6 Å². The largest absolute Gasteiger partial charge is 0.350 e. The quantitative estimate of drug-likeness (QED) is 0.825. The summed E-state index contributed by atoms with van der Waals surface area (Å²) in [5.74, 6) is 0. The maximum atomic E-state index is 13.1. The molecule has 24 heavy (non-hydrogen) atoms. The molecule has 4 nitrogen and oxygen atoms in total. The number of ether oxygens (including phenoxy) is 1. The van der Waals surface area contributed by atoms with Gasteiger partial charge in [0, 0.05) is 11.6 Å². The Morgan fingerprint density at radius 2 is 1.79 bits per heavy atom. The minimum Gasteiger partial charge on any atom is -0.350 e. The summed E-state index contributed by atoms with van der Waals surface area (Å²) in [7, 11) is -3.80. The van der Waals surface area contributed by atoms with Crippen molar-refractivity contribution in [2.45, 2.75) is 24.2 Å². The molecule has 3 rings (SSSR count). The van der Waals surface area contributed by atoms with Crippen LogP contribution in [0, 0.1) is 6.92 Å². The Morgan fingerprint density at radius 1 is 1.17 bits per heavy atom. The van der Waals surface area contributed by atoms with E-state index in [2.05, 4.69) is 0 Å². The van der Waals surface area contributed by atoms with Crippen molar-refractivity contribution in [3.05, 3.63) is 64.7 Å². The molecule has 128 valence electrons. The first-order chi connectivity index (χ1) is 11.4. The van der Waals surface area contributed by atoms with Gasteiger partial charge in [0.05, 0.1) is 4.90 Å². The van der Waals surface area contributed by atoms with Crippen LogP contribution in [0.15, 0.2) is 53.4 Å². The lowest BCUT2D eigenvalue weighted by Gasteiger charge is -2.23. The fourth-order valence-corrected chi connectivity index (χ4v) is 4.28. The van der Waals surface area contributed by atoms with Crippen LogP contribution in [0.2, 0.25) is 5.02 Å². The molecule has 2 aromatic carbocycles. The predicted octanol–water partition coefficient (Wildman–Crippen LogP) is 3.71. The number of hydrogen-bond acceptors (Lipinski definition) is 3. The Bertz CT molecular complexity index is 809. The van der Waals surface area contributed by atoms with Gasteiger partial charge in [-0.3, -0.25) is 0 Å². The summed E-state index contributed by atoms with van der Waals surface area (Å²) in [6.45, 7) is 1.11. The summed E-state index contributed by atoms with van der Waals surface area (Å²) in [4.78, 5) is 0.162. The molecule has 0 aliphatic carbocycles. The van der Waals surface area contributed by atoms with Gasteiger partial charge in [-0.2, -0.15) is 4.31 Å². The van der Waals surface area contributed by atoms with Crippen molar-refractivity contribution in [2.75, 3.05) is 13.2 Å². The highest BCUT2D eigenvalue weighted by Crippen LogP contribution is 2.35. The number of benzene rings is 2. The fourth-order valence-electron chi connectivity index (χ4n) is 2.62. The standard InChI is InChI=1S/C17H17ClFNO3S/c1-12-2-8-16(9-3-12)24(21,22)20-11-15(10-19)23-17(20)13-4-6-14(18)7-5-13/h2-9,15,17H,10-11H2,1H3. The number of hydrogen-bond donors (Lipinski definition) is 0. The van der Waals surface area contributed by atoms with Crippen molar-refractivity contribution in [3.63, 3.8) is 0 Å². The molecule has 0 spiro atoms. The van der Waals surface area contributed by atoms with Crippen LogP contribution in [0.25, 0.3) is 0 Å². The third-order valence-corrected chi connectivity index (χ3v) is 6.00. The summed E-state index contributed by atoms with van der Waals surface area (Å²) in [6, 6.07) is 13.2. The van der Waals surface area contributed by atoms with Gasteiger partial charge in [-0.05, 0) is 36.8 Å². The SMILES string of the molecule is Cc1ccc(S(=O)(=O)N2CC(CF)OC2c2ccc(Cl)cc2)cc1. The number of rotatable bonds is 4. The molecule has 0 saturated carbocycles. The van der Waals surface area contributed by atoms with Gasteiger partial charge in [0.25, 0.3) is 0 Å². The van der Waals surface area contributed by atoms with Crippen LogP contribution in [0.4, 0.5) is 4.39 Å². The molecule has 2 unspecified atom stereocenters. The minimum absolute atomic E-state index is 0.0278. The molecular formula is C17H17ClFNO3S. The molecule has 1 aliphatic heterocycles. The molecule has 0 bridgehead atoms. The molecule has 1 aliphatic rings. The molecule has 0 N–H and O–H groups in total. The smallest absolute Gasteiger partial charge is 0.245 e. The van der Waals surface area contributed by atoms with Gasteiger partial charge in [-0.15, -0.1) is 0 Å². The van der Waals surface area contributed by atoms with E-state index in [0.717, 1.165) is 5.56 Å². The number of halogens is 2. The third kappa shape index (κ3) is 3.32. The lowest BCUT2D eigenvalue weighted by atomic mass is 10.2. The topological polar surface area (TPSA) is 46.6 Å². The van der Waals surface area contributed by atoms with E-state index in [1.54, 1.807) is 48.5 Å². The number of aryl methyl sites for hydroxylation is 1. The van der Waals surface area contributed by atoms with Crippen molar-refractivity contribution in [1.29, 1.82) is 0 Å². The molecule has 0 radical (unpaired) electrons. The summed E-state index contributed by atoms with van der Waals surface area (Å²) >= 11 is 5.88. The van der Waals surface area contributed by atoms with Gasteiger partial charge in [0.1, 0.15) is 12.8 Å². The maximum absolute atomic E-state index is 13.1. The van der Waals surface area contributed by atoms with Gasteiger partial charge in [-0.25, -0.2) is 12.8 Å². The average Bonchev–Trinajstić information content (AvgIpc) is 3.01. The van der Waals surface area contributed by atoms with Crippen LogP contribution in [-0.4, -0.2) is 32.0 Å². The van der Waals surface area contributed by atoms with Gasteiger partial charge >= 0.3 is 0 Å². The summed E-state index contributed by atoms with van der Waals surface area (Å²) in [5.41, 5.74) is 1.58. The Kier molecular flexibility index (Phi) is 4.92. The Balaban J connectivity index is 1.99. The van der Waals surface area contributed by atoms with E-state index in [-0.39, 0.29) is 11.4 Å². The first-order valence-corrected chi connectivity index (χ1v) is 9.29. The van der Waals surface area contributed by atoms with Gasteiger partial charge in [0.2, 0.25) is 10.0 Å². The van der Waals surface area contributed by atoms with Crippen molar-refractivity contribution < 1.29 is 17.5 Å². The van der Waals surface area contributed by atoms with Crippen LogP contribution in [0.3, 0.4) is 0 Å². The van der Waals surface area contributed by atoms with E-state index in [4.69, 9.17) is 16.3 Å². The Hall–Kier alpha value is -1.47. The Morgan fingerprint density at radius 3 is 2.38 bits per heavy atom. The lowest BCUT2D eigenvalue weighted by Crippen LogP contribution is -2.32. The van der Waals surface area contributed by atoms with E-state index in [1.807, 2.05) is 6.92 Å². The Labute approximate surface area is 145 Å². The summed E-state index contributed by atoms with van der Waals surface area (Å²) in [5, 5.41) is 0.534. The number of nitrogens with zero attached hydrogens (tertiary/aromatic N) is 1. The van der Waals surface area contributed by atoms with Crippen LogP contribution in [0.1, 0.15) is 17.4 Å². The fraction of sp³-hybridized carbons (Fsp3) is 0.294. The summed E-state index contributed by atoms with van der Waals surface area (Å²) in [6.07, 6.45) is -1.65. The average molecular weight is 370 g/mol. The monoisotopic (exact) mass is 369 g/mol. The van der Waals surface area contributed by atoms with Crippen LogP contribution in [-0.2, 0) is 14.8 Å². The zero-order chi connectivity index (χ0) is 17.3. The van der Waals surface area contributed by atoms with E-state index < -0.39 is 29.0 Å². The second-order valence-corrected chi connectivity index (χ2v) is 8.03. The summed E-state index contributed by atoms with van der Waals surface area (Å²) < 4.78 is 45.8. The first-order valence-electron chi connectivity index (χ1n) is 7.47. The van der Waals surface area contributed by atoms with E-state index in [9.17, 15) is 12.8 Å². The number of alkyl halides is 1. The van der Waals surface area contributed by atoms with Gasteiger partial charge in [-0.1, -0.05) is 41.4 Å².